The quantitative estimate of drug-likeness (QED) is 0.854. The average Bonchev–Trinajstić information content (AvgIpc) is 2.26. The topological polar surface area (TPSA) is 70.1 Å². The van der Waals surface area contributed by atoms with Crippen LogP contribution in [0.1, 0.15) is 34.6 Å². The number of hydrogen-bond donors (Lipinski definition) is 1. The first kappa shape index (κ1) is 16.8. The van der Waals surface area contributed by atoms with Crippen LogP contribution in [0.5, 0.6) is 0 Å². The van der Waals surface area contributed by atoms with Crippen LogP contribution in [0.15, 0.2) is 0 Å². The molecule has 0 aromatic carbocycles. The highest BCUT2D eigenvalue weighted by molar-refractivity contribution is 5.74. The Morgan fingerprint density at radius 3 is 1.95 bits per heavy atom. The third-order valence-corrected chi connectivity index (χ3v) is 3.24. The van der Waals surface area contributed by atoms with Gasteiger partial charge in [-0.3, -0.25) is 9.69 Å². The summed E-state index contributed by atoms with van der Waals surface area (Å²) in [7, 11) is 0. The Balaban J connectivity index is 2.55. The molecule has 1 heterocycles. The third kappa shape index (κ3) is 4.67. The zero-order valence-electron chi connectivity index (χ0n) is 13.0. The van der Waals surface area contributed by atoms with Crippen LogP contribution in [-0.4, -0.2) is 64.8 Å². The van der Waals surface area contributed by atoms with Gasteiger partial charge < -0.3 is 14.7 Å². The van der Waals surface area contributed by atoms with E-state index in [1.54, 1.807) is 4.90 Å². The Bertz CT molecular complexity index is 355. The largest absolute Gasteiger partial charge is 0.480 e. The van der Waals surface area contributed by atoms with Gasteiger partial charge in [0.25, 0.3) is 0 Å². The van der Waals surface area contributed by atoms with Crippen LogP contribution < -0.4 is 0 Å². The van der Waals surface area contributed by atoms with Gasteiger partial charge >= 0.3 is 12.1 Å². The molecule has 6 heteroatoms. The van der Waals surface area contributed by atoms with Crippen LogP contribution in [0.3, 0.4) is 0 Å². The van der Waals surface area contributed by atoms with Crippen molar-refractivity contribution in [2.45, 2.75) is 46.3 Å². The summed E-state index contributed by atoms with van der Waals surface area (Å²) in [6.07, 6.45) is -0.325. The van der Waals surface area contributed by atoms with E-state index in [0.29, 0.717) is 26.2 Å². The van der Waals surface area contributed by atoms with E-state index < -0.39 is 17.6 Å². The molecule has 0 spiro atoms. The van der Waals surface area contributed by atoms with Crippen molar-refractivity contribution in [1.29, 1.82) is 0 Å². The molecule has 116 valence electrons. The highest BCUT2D eigenvalue weighted by Crippen LogP contribution is 2.16. The zero-order chi connectivity index (χ0) is 15.5. The number of nitrogens with zero attached hydrogens (tertiary/aromatic N) is 2. The summed E-state index contributed by atoms with van der Waals surface area (Å²) >= 11 is 0. The standard InChI is InChI=1S/C14H26N2O4/c1-10(2)11(12(17)18)15-6-8-16(9-7-15)13(19)20-14(3,4)5/h10-11H,6-9H2,1-5H3,(H,17,18)/t11-/m1/s1. The Labute approximate surface area is 120 Å². The molecule has 1 fully saturated rings. The fourth-order valence-corrected chi connectivity index (χ4v) is 2.37. The van der Waals surface area contributed by atoms with Crippen molar-refractivity contribution in [3.05, 3.63) is 0 Å². The second kappa shape index (κ2) is 6.43. The lowest BCUT2D eigenvalue weighted by atomic mass is 10.0. The maximum atomic E-state index is 11.9. The molecular formula is C14H26N2O4. The minimum absolute atomic E-state index is 0.0422. The first-order valence-electron chi connectivity index (χ1n) is 7.06. The molecule has 0 aromatic rings. The van der Waals surface area contributed by atoms with Crippen molar-refractivity contribution in [3.63, 3.8) is 0 Å². The van der Waals surface area contributed by atoms with E-state index in [0.717, 1.165) is 0 Å². The minimum atomic E-state index is -0.800. The molecule has 20 heavy (non-hydrogen) atoms. The molecule has 1 saturated heterocycles. The fourth-order valence-electron chi connectivity index (χ4n) is 2.37. The Hall–Kier alpha value is -1.30. The number of rotatable bonds is 3. The van der Waals surface area contributed by atoms with Gasteiger partial charge in [-0.25, -0.2) is 4.79 Å². The van der Waals surface area contributed by atoms with Gasteiger partial charge in [0.15, 0.2) is 0 Å². The van der Waals surface area contributed by atoms with Gasteiger partial charge in [-0.15, -0.1) is 0 Å². The molecule has 1 aliphatic heterocycles. The molecule has 1 N–H and O–H groups in total. The molecule has 6 nitrogen and oxygen atoms in total. The predicted molar refractivity (Wildman–Crippen MR) is 75.6 cm³/mol. The van der Waals surface area contributed by atoms with Gasteiger partial charge in [-0.2, -0.15) is 0 Å². The number of carboxylic acids is 1. The molecule has 0 saturated carbocycles. The lowest BCUT2D eigenvalue weighted by molar-refractivity contribution is -0.145. The molecule has 1 amide bonds. The molecule has 1 aliphatic rings. The summed E-state index contributed by atoms with van der Waals surface area (Å²) in [4.78, 5) is 26.8. The van der Waals surface area contributed by atoms with Gasteiger partial charge in [0, 0.05) is 26.2 Å². The smallest absolute Gasteiger partial charge is 0.410 e. The number of piperazine rings is 1. The van der Waals surface area contributed by atoms with Gasteiger partial charge in [0.2, 0.25) is 0 Å². The van der Waals surface area contributed by atoms with Crippen LogP contribution in [0.2, 0.25) is 0 Å². The first-order chi connectivity index (χ1) is 9.11. The van der Waals surface area contributed by atoms with Crippen LogP contribution in [0, 0.1) is 5.92 Å². The average molecular weight is 286 g/mol. The van der Waals surface area contributed by atoms with Gasteiger partial charge in [-0.05, 0) is 26.7 Å². The van der Waals surface area contributed by atoms with Crippen molar-refractivity contribution < 1.29 is 19.4 Å². The maximum absolute atomic E-state index is 11.9. The van der Waals surface area contributed by atoms with E-state index in [1.807, 2.05) is 39.5 Å². The summed E-state index contributed by atoms with van der Waals surface area (Å²) in [6.45, 7) is 11.4. The first-order valence-corrected chi connectivity index (χ1v) is 7.06. The van der Waals surface area contributed by atoms with Crippen LogP contribution >= 0.6 is 0 Å². The molecule has 0 radical (unpaired) electrons. The summed E-state index contributed by atoms with van der Waals surface area (Å²) in [6, 6.07) is -0.490. The number of aliphatic carboxylic acids is 1. The van der Waals surface area contributed by atoms with Crippen LogP contribution in [-0.2, 0) is 9.53 Å². The second-order valence-electron chi connectivity index (χ2n) is 6.53. The molecule has 0 bridgehead atoms. The van der Waals surface area contributed by atoms with Crippen molar-refractivity contribution in [3.8, 4) is 0 Å². The molecule has 0 aliphatic carbocycles. The molecule has 1 atom stereocenters. The van der Waals surface area contributed by atoms with E-state index in [-0.39, 0.29) is 12.0 Å². The van der Waals surface area contributed by atoms with E-state index in [2.05, 4.69) is 0 Å². The van der Waals surface area contributed by atoms with E-state index >= 15 is 0 Å². The number of ether oxygens (including phenoxy) is 1. The molecule has 0 aromatic heterocycles. The lowest BCUT2D eigenvalue weighted by Gasteiger charge is -2.39. The van der Waals surface area contributed by atoms with Gasteiger partial charge in [0.05, 0.1) is 0 Å². The van der Waals surface area contributed by atoms with Crippen LogP contribution in [0.4, 0.5) is 4.79 Å². The fraction of sp³-hybridized carbons (Fsp3) is 0.857. The van der Waals surface area contributed by atoms with Gasteiger partial charge in [-0.1, -0.05) is 13.8 Å². The zero-order valence-corrected chi connectivity index (χ0v) is 13.0. The van der Waals surface area contributed by atoms with E-state index in [9.17, 15) is 14.7 Å². The Kier molecular flexibility index (Phi) is 5.39. The summed E-state index contributed by atoms with van der Waals surface area (Å²) in [5.74, 6) is -0.758. The SMILES string of the molecule is CC(C)[C@H](C(=O)O)N1CCN(C(=O)OC(C)(C)C)CC1. The van der Waals surface area contributed by atoms with Crippen molar-refractivity contribution >= 4 is 12.1 Å². The Morgan fingerprint density at radius 2 is 1.60 bits per heavy atom. The number of carbonyl (C=O) groups excluding carboxylic acids is 1. The van der Waals surface area contributed by atoms with Crippen LogP contribution in [0.25, 0.3) is 0 Å². The number of hydrogen-bond acceptors (Lipinski definition) is 4. The highest BCUT2D eigenvalue weighted by Gasteiger charge is 2.33. The van der Waals surface area contributed by atoms with E-state index in [4.69, 9.17) is 4.74 Å². The van der Waals surface area contributed by atoms with Gasteiger partial charge in [0.1, 0.15) is 11.6 Å². The molecule has 0 unspecified atom stereocenters. The highest BCUT2D eigenvalue weighted by atomic mass is 16.6. The number of carboxylic acid groups (broad SMARTS) is 1. The lowest BCUT2D eigenvalue weighted by Crippen LogP contribution is -2.56. The number of carbonyl (C=O) groups is 2. The summed E-state index contributed by atoms with van der Waals surface area (Å²) < 4.78 is 5.32. The summed E-state index contributed by atoms with van der Waals surface area (Å²) in [5.41, 5.74) is -0.504. The second-order valence-corrected chi connectivity index (χ2v) is 6.53. The summed E-state index contributed by atoms with van der Waals surface area (Å²) in [5, 5.41) is 9.28. The number of amides is 1. The van der Waals surface area contributed by atoms with Crippen molar-refractivity contribution in [2.24, 2.45) is 5.92 Å². The minimum Gasteiger partial charge on any atom is -0.480 e. The molecule has 1 rings (SSSR count). The Morgan fingerprint density at radius 1 is 1.10 bits per heavy atom. The molecular weight excluding hydrogens is 260 g/mol. The predicted octanol–water partition coefficient (Wildman–Crippen LogP) is 1.65. The maximum Gasteiger partial charge on any atom is 0.410 e. The van der Waals surface area contributed by atoms with Crippen molar-refractivity contribution in [2.75, 3.05) is 26.2 Å². The van der Waals surface area contributed by atoms with E-state index in [1.165, 1.54) is 0 Å². The third-order valence-electron chi connectivity index (χ3n) is 3.24. The van der Waals surface area contributed by atoms with Crippen molar-refractivity contribution in [1.82, 2.24) is 9.80 Å². The monoisotopic (exact) mass is 286 g/mol. The normalized spacial score (nSPS) is 19.0.